The smallest absolute Gasteiger partial charge is 0.160 e. The second-order valence-corrected chi connectivity index (χ2v) is 17.6. The van der Waals surface area contributed by atoms with Crippen LogP contribution in [0.5, 0.6) is 0 Å². The molecule has 3 aromatic heterocycles. The van der Waals surface area contributed by atoms with Crippen molar-refractivity contribution in [2.24, 2.45) is 0 Å². The average molecular weight is 879 g/mol. The molecular formula is C65H42N4. The monoisotopic (exact) mass is 878 g/mol. The molecule has 0 bridgehead atoms. The van der Waals surface area contributed by atoms with Crippen molar-refractivity contribution in [3.8, 4) is 84.2 Å². The lowest BCUT2D eigenvalue weighted by Crippen LogP contribution is -1.96. The molecule has 0 fully saturated rings. The van der Waals surface area contributed by atoms with Crippen LogP contribution in [0.4, 0.5) is 0 Å². The summed E-state index contributed by atoms with van der Waals surface area (Å²) in [5.41, 5.74) is 18.1. The maximum absolute atomic E-state index is 5.35. The Hall–Kier alpha value is -9.25. The quantitative estimate of drug-likeness (QED) is 0.143. The number of hydrogen-bond donors (Lipinski definition) is 0. The molecule has 13 aromatic rings. The van der Waals surface area contributed by atoms with Gasteiger partial charge in [-0.1, -0.05) is 206 Å². The van der Waals surface area contributed by atoms with Crippen LogP contribution in [0.1, 0.15) is 0 Å². The highest BCUT2D eigenvalue weighted by atomic mass is 15.0. The molecule has 13 rings (SSSR count). The minimum absolute atomic E-state index is 0.676. The minimum Gasteiger partial charge on any atom is -0.309 e. The number of para-hydroxylation sites is 3. The Morgan fingerprint density at radius 2 is 0.739 bits per heavy atom. The molecule has 0 N–H and O–H groups in total. The van der Waals surface area contributed by atoms with Gasteiger partial charge in [0, 0.05) is 54.9 Å². The highest BCUT2D eigenvalue weighted by molar-refractivity contribution is 6.29. The van der Waals surface area contributed by atoms with Crippen LogP contribution >= 0.6 is 0 Å². The van der Waals surface area contributed by atoms with E-state index in [2.05, 4.69) is 259 Å². The third kappa shape index (κ3) is 7.23. The highest BCUT2D eigenvalue weighted by Gasteiger charge is 2.20. The second-order valence-electron chi connectivity index (χ2n) is 17.6. The third-order valence-electron chi connectivity index (χ3n) is 13.4. The fourth-order valence-electron chi connectivity index (χ4n) is 10.1. The summed E-state index contributed by atoms with van der Waals surface area (Å²) >= 11 is 0. The number of benzene rings is 10. The highest BCUT2D eigenvalue weighted by Crippen LogP contribution is 2.43. The van der Waals surface area contributed by atoms with E-state index in [1.54, 1.807) is 0 Å². The maximum atomic E-state index is 5.35. The lowest BCUT2D eigenvalue weighted by molar-refractivity contribution is 1.18. The summed E-state index contributed by atoms with van der Waals surface area (Å²) in [5.74, 6) is 0.676. The van der Waals surface area contributed by atoms with Crippen LogP contribution in [0.25, 0.3) is 128 Å². The number of aromatic nitrogens is 4. The SMILES string of the molecule is c1ccc(-c2cccc(-c3cc(-c4cccc(-c5ccccc5)c4)nc(-c4ccc(-c5ccc(-c6nc7ccccc7c7c6ccc6c7c7ccccc7n6-c6ccccc6)cc5)cc4)n3)c2)cc1. The number of nitrogens with zero attached hydrogens (tertiary/aromatic N) is 4. The van der Waals surface area contributed by atoms with Gasteiger partial charge in [0.05, 0.1) is 33.6 Å². The lowest BCUT2D eigenvalue weighted by atomic mass is 9.95. The minimum atomic E-state index is 0.676. The van der Waals surface area contributed by atoms with E-state index >= 15 is 0 Å². The molecule has 0 unspecified atom stereocenters. The Morgan fingerprint density at radius 3 is 1.36 bits per heavy atom. The van der Waals surface area contributed by atoms with E-state index in [1.807, 2.05) is 0 Å². The molecule has 0 amide bonds. The lowest BCUT2D eigenvalue weighted by Gasteiger charge is -2.13. The van der Waals surface area contributed by atoms with Gasteiger partial charge in [-0.25, -0.2) is 15.0 Å². The molecule has 322 valence electrons. The Balaban J connectivity index is 0.881. The van der Waals surface area contributed by atoms with Crippen molar-refractivity contribution in [2.75, 3.05) is 0 Å². The zero-order valence-electron chi connectivity index (χ0n) is 37.5. The van der Waals surface area contributed by atoms with Gasteiger partial charge in [-0.15, -0.1) is 0 Å². The third-order valence-corrected chi connectivity index (χ3v) is 13.4. The predicted molar refractivity (Wildman–Crippen MR) is 287 cm³/mol. The summed E-state index contributed by atoms with van der Waals surface area (Å²) in [4.78, 5) is 15.8. The summed E-state index contributed by atoms with van der Waals surface area (Å²) in [6, 6.07) is 90.3. The van der Waals surface area contributed by atoms with Crippen LogP contribution in [0.15, 0.2) is 255 Å². The fraction of sp³-hybridized carbons (Fsp3) is 0. The van der Waals surface area contributed by atoms with Gasteiger partial charge >= 0.3 is 0 Å². The van der Waals surface area contributed by atoms with E-state index in [4.69, 9.17) is 15.0 Å². The van der Waals surface area contributed by atoms with E-state index in [-0.39, 0.29) is 0 Å². The number of pyridine rings is 1. The molecule has 10 aromatic carbocycles. The largest absolute Gasteiger partial charge is 0.309 e. The molecule has 0 aliphatic rings. The molecular weight excluding hydrogens is 837 g/mol. The Bertz CT molecular complexity index is 3930. The number of rotatable bonds is 8. The normalized spacial score (nSPS) is 11.5. The van der Waals surface area contributed by atoms with Gasteiger partial charge in [0.15, 0.2) is 5.82 Å². The van der Waals surface area contributed by atoms with Gasteiger partial charge in [0.1, 0.15) is 0 Å². The summed E-state index contributed by atoms with van der Waals surface area (Å²) in [6.07, 6.45) is 0. The molecule has 0 aliphatic carbocycles. The van der Waals surface area contributed by atoms with Gasteiger partial charge in [-0.3, -0.25) is 0 Å². The fourth-order valence-corrected chi connectivity index (χ4v) is 10.1. The number of fused-ring (bicyclic) bond motifs is 7. The maximum Gasteiger partial charge on any atom is 0.160 e. The van der Waals surface area contributed by atoms with Crippen molar-refractivity contribution in [3.05, 3.63) is 255 Å². The van der Waals surface area contributed by atoms with Crippen LogP contribution in [-0.4, -0.2) is 19.5 Å². The molecule has 69 heavy (non-hydrogen) atoms. The molecule has 4 heteroatoms. The molecule has 0 spiro atoms. The van der Waals surface area contributed by atoms with Crippen LogP contribution in [-0.2, 0) is 0 Å². The van der Waals surface area contributed by atoms with Gasteiger partial charge < -0.3 is 4.57 Å². The van der Waals surface area contributed by atoms with Crippen molar-refractivity contribution in [3.63, 3.8) is 0 Å². The van der Waals surface area contributed by atoms with Crippen LogP contribution in [0.3, 0.4) is 0 Å². The van der Waals surface area contributed by atoms with Gasteiger partial charge in [0.25, 0.3) is 0 Å². The summed E-state index contributed by atoms with van der Waals surface area (Å²) < 4.78 is 2.39. The molecule has 0 aliphatic heterocycles. The molecule has 0 saturated heterocycles. The first-order valence-electron chi connectivity index (χ1n) is 23.4. The topological polar surface area (TPSA) is 43.6 Å². The Labute approximate surface area is 400 Å². The van der Waals surface area contributed by atoms with Gasteiger partial charge in [0.2, 0.25) is 0 Å². The Kier molecular flexibility index (Phi) is 9.80. The van der Waals surface area contributed by atoms with Crippen molar-refractivity contribution in [1.29, 1.82) is 0 Å². The first-order chi connectivity index (χ1) is 34.2. The van der Waals surface area contributed by atoms with Crippen molar-refractivity contribution in [2.45, 2.75) is 0 Å². The summed E-state index contributed by atoms with van der Waals surface area (Å²) in [7, 11) is 0. The van der Waals surface area contributed by atoms with Crippen LogP contribution in [0.2, 0.25) is 0 Å². The van der Waals surface area contributed by atoms with E-state index in [9.17, 15) is 0 Å². The molecule has 0 radical (unpaired) electrons. The van der Waals surface area contributed by atoms with E-state index < -0.39 is 0 Å². The summed E-state index contributed by atoms with van der Waals surface area (Å²) in [6.45, 7) is 0. The zero-order valence-corrected chi connectivity index (χ0v) is 37.5. The van der Waals surface area contributed by atoms with Gasteiger partial charge in [-0.05, 0) is 81.9 Å². The Morgan fingerprint density at radius 1 is 0.261 bits per heavy atom. The average Bonchev–Trinajstić information content (AvgIpc) is 3.78. The standard InChI is InChI=1S/C65H42N4/c1-4-16-43(17-5-1)49-20-14-22-51(40-49)58-42-59(52-23-15-21-50(41-52)44-18-6-2-7-19-44)68-65(67-58)48-36-32-46(33-37-48)45-30-34-47(35-31-45)64-56-38-39-61-63(62(56)54-26-10-12-28-57(54)66-64)55-27-11-13-29-60(55)69(61)53-24-8-3-9-25-53/h1-42H. The first kappa shape index (κ1) is 40.1. The predicted octanol–water partition coefficient (Wildman–Crippen LogP) is 16.9. The van der Waals surface area contributed by atoms with Crippen molar-refractivity contribution < 1.29 is 0 Å². The first-order valence-corrected chi connectivity index (χ1v) is 23.4. The number of hydrogen-bond acceptors (Lipinski definition) is 3. The second kappa shape index (κ2) is 16.9. The molecule has 0 saturated carbocycles. The van der Waals surface area contributed by atoms with E-state index in [0.29, 0.717) is 5.82 Å². The van der Waals surface area contributed by atoms with Crippen LogP contribution < -0.4 is 0 Å². The molecule has 4 nitrogen and oxygen atoms in total. The molecule has 0 atom stereocenters. The van der Waals surface area contributed by atoms with Crippen molar-refractivity contribution in [1.82, 2.24) is 19.5 Å². The van der Waals surface area contributed by atoms with E-state index in [1.165, 1.54) is 38.3 Å². The van der Waals surface area contributed by atoms with Crippen LogP contribution in [0, 0.1) is 0 Å². The molecule has 3 heterocycles. The van der Waals surface area contributed by atoms with E-state index in [0.717, 1.165) is 83.6 Å². The van der Waals surface area contributed by atoms with Gasteiger partial charge in [-0.2, -0.15) is 0 Å². The van der Waals surface area contributed by atoms with Crippen molar-refractivity contribution >= 4 is 43.5 Å². The summed E-state index contributed by atoms with van der Waals surface area (Å²) in [5, 5.41) is 5.98. The zero-order chi connectivity index (χ0) is 45.7.